The molecule has 1 amide bonds. The SMILES string of the molecule is Cc1ccc(OC[C@H](C)NS(=O)(=O)c2nnc(NC(=O)c3cccc(C)c3)s2)cc1. The van der Waals surface area contributed by atoms with Gasteiger partial charge in [0.05, 0.1) is 6.04 Å². The minimum Gasteiger partial charge on any atom is -0.492 e. The van der Waals surface area contributed by atoms with Crippen molar-refractivity contribution in [3.8, 4) is 5.75 Å². The summed E-state index contributed by atoms with van der Waals surface area (Å²) in [7, 11) is -3.89. The number of rotatable bonds is 8. The van der Waals surface area contributed by atoms with Crippen molar-refractivity contribution in [2.24, 2.45) is 0 Å². The zero-order valence-electron chi connectivity index (χ0n) is 16.7. The summed E-state index contributed by atoms with van der Waals surface area (Å²) in [5.74, 6) is 0.273. The van der Waals surface area contributed by atoms with Crippen LogP contribution in [0.3, 0.4) is 0 Å². The molecule has 158 valence electrons. The van der Waals surface area contributed by atoms with Gasteiger partial charge in [-0.3, -0.25) is 10.1 Å². The number of amides is 1. The van der Waals surface area contributed by atoms with Crippen molar-refractivity contribution in [3.05, 3.63) is 65.2 Å². The van der Waals surface area contributed by atoms with Gasteiger partial charge in [-0.15, -0.1) is 10.2 Å². The molecule has 0 saturated carbocycles. The van der Waals surface area contributed by atoms with Crippen LogP contribution in [0.4, 0.5) is 5.13 Å². The number of nitrogens with one attached hydrogen (secondary N) is 2. The van der Waals surface area contributed by atoms with Crippen LogP contribution in [0.2, 0.25) is 0 Å². The number of aromatic nitrogens is 2. The zero-order valence-corrected chi connectivity index (χ0v) is 18.4. The molecule has 0 radical (unpaired) electrons. The van der Waals surface area contributed by atoms with Crippen LogP contribution in [-0.2, 0) is 10.0 Å². The summed E-state index contributed by atoms with van der Waals surface area (Å²) in [6.45, 7) is 5.69. The lowest BCUT2D eigenvalue weighted by molar-refractivity contribution is 0.102. The van der Waals surface area contributed by atoms with Gasteiger partial charge in [-0.1, -0.05) is 46.7 Å². The van der Waals surface area contributed by atoms with E-state index in [-0.39, 0.29) is 22.0 Å². The van der Waals surface area contributed by atoms with E-state index in [0.29, 0.717) is 11.3 Å². The lowest BCUT2D eigenvalue weighted by atomic mass is 10.1. The lowest BCUT2D eigenvalue weighted by Crippen LogP contribution is -2.36. The van der Waals surface area contributed by atoms with Crippen molar-refractivity contribution in [1.82, 2.24) is 14.9 Å². The summed E-state index contributed by atoms with van der Waals surface area (Å²) in [5, 5.41) is 10.1. The van der Waals surface area contributed by atoms with Gasteiger partial charge >= 0.3 is 0 Å². The van der Waals surface area contributed by atoms with Crippen molar-refractivity contribution < 1.29 is 17.9 Å². The molecule has 0 unspecified atom stereocenters. The minimum absolute atomic E-state index is 0.102. The highest BCUT2D eigenvalue weighted by atomic mass is 32.2. The van der Waals surface area contributed by atoms with Crippen LogP contribution >= 0.6 is 11.3 Å². The number of carbonyl (C=O) groups excluding carboxylic acids is 1. The standard InChI is InChI=1S/C20H22N4O4S2/c1-13-7-9-17(10-8-13)28-12-15(3)24-30(26,27)20-23-22-19(29-20)21-18(25)16-6-4-5-14(2)11-16/h4-11,15,24H,12H2,1-3H3,(H,21,22,25)/t15-/m0/s1. The van der Waals surface area contributed by atoms with E-state index < -0.39 is 16.1 Å². The molecule has 2 N–H and O–H groups in total. The molecule has 0 saturated heterocycles. The molecule has 1 atom stereocenters. The van der Waals surface area contributed by atoms with Crippen molar-refractivity contribution >= 4 is 32.4 Å². The molecule has 0 spiro atoms. The van der Waals surface area contributed by atoms with Crippen LogP contribution in [0.1, 0.15) is 28.4 Å². The molecule has 0 aliphatic heterocycles. The van der Waals surface area contributed by atoms with E-state index in [0.717, 1.165) is 22.5 Å². The Balaban J connectivity index is 1.59. The van der Waals surface area contributed by atoms with Gasteiger partial charge in [-0.05, 0) is 45.0 Å². The van der Waals surface area contributed by atoms with E-state index in [4.69, 9.17) is 4.74 Å². The van der Waals surface area contributed by atoms with Crippen molar-refractivity contribution in [2.75, 3.05) is 11.9 Å². The second kappa shape index (κ2) is 9.33. The summed E-state index contributed by atoms with van der Waals surface area (Å²) < 4.78 is 33.0. The van der Waals surface area contributed by atoms with Gasteiger partial charge in [-0.2, -0.15) is 0 Å². The maximum Gasteiger partial charge on any atom is 0.270 e. The van der Waals surface area contributed by atoms with E-state index in [1.54, 1.807) is 25.1 Å². The van der Waals surface area contributed by atoms with Gasteiger partial charge in [0, 0.05) is 5.56 Å². The summed E-state index contributed by atoms with van der Waals surface area (Å²) in [6, 6.07) is 14.0. The first-order valence-corrected chi connectivity index (χ1v) is 11.5. The van der Waals surface area contributed by atoms with E-state index in [9.17, 15) is 13.2 Å². The van der Waals surface area contributed by atoms with Crippen LogP contribution in [0.25, 0.3) is 0 Å². The predicted molar refractivity (Wildman–Crippen MR) is 115 cm³/mol. The Morgan fingerprint density at radius 1 is 1.10 bits per heavy atom. The molecule has 1 aromatic heterocycles. The first-order valence-electron chi connectivity index (χ1n) is 9.16. The van der Waals surface area contributed by atoms with Gasteiger partial charge in [-0.25, -0.2) is 13.1 Å². The largest absolute Gasteiger partial charge is 0.492 e. The van der Waals surface area contributed by atoms with Gasteiger partial charge in [0.25, 0.3) is 15.9 Å². The molecule has 30 heavy (non-hydrogen) atoms. The number of carbonyl (C=O) groups is 1. The highest BCUT2D eigenvalue weighted by molar-refractivity contribution is 7.91. The number of anilines is 1. The number of sulfonamides is 1. The van der Waals surface area contributed by atoms with E-state index in [2.05, 4.69) is 20.2 Å². The molecule has 10 heteroatoms. The second-order valence-electron chi connectivity index (χ2n) is 6.84. The fourth-order valence-corrected chi connectivity index (χ4v) is 4.67. The number of aryl methyl sites for hydroxylation is 2. The fourth-order valence-electron chi connectivity index (χ4n) is 2.53. The van der Waals surface area contributed by atoms with Gasteiger partial charge < -0.3 is 4.74 Å². The predicted octanol–water partition coefficient (Wildman–Crippen LogP) is 3.15. The number of nitrogens with zero attached hydrogens (tertiary/aromatic N) is 2. The number of benzene rings is 2. The molecule has 3 aromatic rings. The molecular formula is C20H22N4O4S2. The van der Waals surface area contributed by atoms with Gasteiger partial charge in [0.15, 0.2) is 0 Å². The summed E-state index contributed by atoms with van der Waals surface area (Å²) in [4.78, 5) is 12.3. The highest BCUT2D eigenvalue weighted by Crippen LogP contribution is 2.21. The molecule has 8 nitrogen and oxygen atoms in total. The second-order valence-corrected chi connectivity index (χ2v) is 9.71. The molecule has 0 fully saturated rings. The maximum atomic E-state index is 12.5. The Hall–Kier alpha value is -2.82. The number of ether oxygens (including phenoxy) is 1. The smallest absolute Gasteiger partial charge is 0.270 e. The summed E-state index contributed by atoms with van der Waals surface area (Å²) >= 11 is 0.780. The Morgan fingerprint density at radius 2 is 1.83 bits per heavy atom. The highest BCUT2D eigenvalue weighted by Gasteiger charge is 2.23. The third-order valence-electron chi connectivity index (χ3n) is 4.01. The fraction of sp³-hybridized carbons (Fsp3) is 0.250. The molecule has 0 aliphatic rings. The molecule has 1 heterocycles. The quantitative estimate of drug-likeness (QED) is 0.514. The van der Waals surface area contributed by atoms with E-state index in [1.807, 2.05) is 44.2 Å². The monoisotopic (exact) mass is 446 g/mol. The molecule has 2 aromatic carbocycles. The van der Waals surface area contributed by atoms with E-state index in [1.165, 1.54) is 0 Å². The molecule has 0 aliphatic carbocycles. The van der Waals surface area contributed by atoms with Crippen molar-refractivity contribution in [3.63, 3.8) is 0 Å². The van der Waals surface area contributed by atoms with Crippen LogP contribution in [-0.4, -0.2) is 37.2 Å². The summed E-state index contributed by atoms with van der Waals surface area (Å²) in [5.41, 5.74) is 2.50. The number of hydrogen-bond donors (Lipinski definition) is 2. The first kappa shape index (κ1) is 21.9. The third kappa shape index (κ3) is 5.85. The lowest BCUT2D eigenvalue weighted by Gasteiger charge is -2.14. The Kier molecular flexibility index (Phi) is 6.80. The maximum absolute atomic E-state index is 12.5. The zero-order chi connectivity index (χ0) is 21.7. The average molecular weight is 447 g/mol. The van der Waals surface area contributed by atoms with Crippen LogP contribution in [0.15, 0.2) is 52.9 Å². The van der Waals surface area contributed by atoms with Gasteiger partial charge in [0.2, 0.25) is 9.47 Å². The molecular weight excluding hydrogens is 424 g/mol. The Labute approximate surface area is 179 Å². The summed E-state index contributed by atoms with van der Waals surface area (Å²) in [6.07, 6.45) is 0. The van der Waals surface area contributed by atoms with Crippen molar-refractivity contribution in [2.45, 2.75) is 31.2 Å². The van der Waals surface area contributed by atoms with E-state index >= 15 is 0 Å². The molecule has 3 rings (SSSR count). The van der Waals surface area contributed by atoms with Crippen LogP contribution < -0.4 is 14.8 Å². The average Bonchev–Trinajstić information content (AvgIpc) is 3.17. The van der Waals surface area contributed by atoms with Crippen LogP contribution in [0, 0.1) is 13.8 Å². The Bertz CT molecular complexity index is 1130. The topological polar surface area (TPSA) is 110 Å². The normalized spacial score (nSPS) is 12.4. The van der Waals surface area contributed by atoms with Gasteiger partial charge in [0.1, 0.15) is 12.4 Å². The Morgan fingerprint density at radius 3 is 2.53 bits per heavy atom. The van der Waals surface area contributed by atoms with Crippen LogP contribution in [0.5, 0.6) is 5.75 Å². The number of hydrogen-bond acceptors (Lipinski definition) is 7. The van der Waals surface area contributed by atoms with Crippen molar-refractivity contribution in [1.29, 1.82) is 0 Å². The first-order chi connectivity index (χ1) is 14.2. The molecule has 0 bridgehead atoms. The minimum atomic E-state index is -3.89. The third-order valence-corrected chi connectivity index (χ3v) is 6.81.